The van der Waals surface area contributed by atoms with Gasteiger partial charge in [-0.2, -0.15) is 5.26 Å². The largest absolute Gasteiger partial charge is 0.309 e. The monoisotopic (exact) mass is 560 g/mol. The third-order valence-electron chi connectivity index (χ3n) is 9.06. The van der Waals surface area contributed by atoms with Crippen LogP contribution in [0.15, 0.2) is 133 Å². The third-order valence-corrected chi connectivity index (χ3v) is 9.06. The maximum absolute atomic E-state index is 10.8. The number of benzene rings is 7. The lowest BCUT2D eigenvalue weighted by molar-refractivity contribution is 1.13. The van der Waals surface area contributed by atoms with Crippen LogP contribution in [-0.4, -0.2) is 15.3 Å². The van der Waals surface area contributed by atoms with Crippen molar-refractivity contribution < 1.29 is 0 Å². The van der Waals surface area contributed by atoms with Gasteiger partial charge in [0.15, 0.2) is 0 Å². The summed E-state index contributed by atoms with van der Waals surface area (Å²) >= 11 is 0. The summed E-state index contributed by atoms with van der Waals surface area (Å²) in [6.07, 6.45) is 1.34. The van der Waals surface area contributed by atoms with E-state index in [9.17, 15) is 5.26 Å². The average Bonchev–Trinajstić information content (AvgIpc) is 3.61. The number of nitrogens with one attached hydrogen (secondary N) is 1. The lowest BCUT2D eigenvalue weighted by atomic mass is 10.0. The highest BCUT2D eigenvalue weighted by atomic mass is 15.0. The minimum atomic E-state index is 0.472. The van der Waals surface area contributed by atoms with Gasteiger partial charge in [-0.05, 0) is 57.9 Å². The fraction of sp³-hybridized carbons (Fsp3) is 0. The van der Waals surface area contributed by atoms with Gasteiger partial charge in [0.05, 0.1) is 39.0 Å². The summed E-state index contributed by atoms with van der Waals surface area (Å²) in [4.78, 5) is 0. The first kappa shape index (κ1) is 24.4. The van der Waals surface area contributed by atoms with Gasteiger partial charge in [0.25, 0.3) is 0 Å². The highest BCUT2D eigenvalue weighted by Crippen LogP contribution is 2.41. The molecule has 0 fully saturated rings. The summed E-state index contributed by atoms with van der Waals surface area (Å²) in [7, 11) is 0. The van der Waals surface area contributed by atoms with Crippen molar-refractivity contribution in [3.8, 4) is 17.4 Å². The summed E-state index contributed by atoms with van der Waals surface area (Å²) < 4.78 is 4.40. The van der Waals surface area contributed by atoms with E-state index in [0.29, 0.717) is 11.1 Å². The molecule has 0 spiro atoms. The zero-order valence-corrected chi connectivity index (χ0v) is 23.6. The number of rotatable bonds is 3. The third kappa shape index (κ3) is 3.18. The zero-order valence-electron chi connectivity index (χ0n) is 23.6. The number of nitrogens with zero attached hydrogens (tertiary/aromatic N) is 3. The lowest BCUT2D eigenvalue weighted by Gasteiger charge is -2.17. The maximum atomic E-state index is 10.8. The van der Waals surface area contributed by atoms with Crippen LogP contribution >= 0.6 is 0 Å². The summed E-state index contributed by atoms with van der Waals surface area (Å²) in [5, 5.41) is 28.7. The van der Waals surface area contributed by atoms with Crippen LogP contribution in [0, 0.1) is 16.7 Å². The van der Waals surface area contributed by atoms with Crippen molar-refractivity contribution in [2.24, 2.45) is 0 Å². The first-order chi connectivity index (χ1) is 21.8. The van der Waals surface area contributed by atoms with Crippen LogP contribution in [0.1, 0.15) is 11.1 Å². The second kappa shape index (κ2) is 9.16. The molecule has 204 valence electrons. The van der Waals surface area contributed by atoms with E-state index in [-0.39, 0.29) is 0 Å². The molecule has 9 aromatic rings. The lowest BCUT2D eigenvalue weighted by Crippen LogP contribution is -2.06. The smallest absolute Gasteiger partial charge is 0.102 e. The van der Waals surface area contributed by atoms with Crippen molar-refractivity contribution >= 4 is 71.4 Å². The molecule has 0 aliphatic carbocycles. The molecular formula is C40H24N4. The van der Waals surface area contributed by atoms with Crippen molar-refractivity contribution in [2.75, 3.05) is 0 Å². The second-order valence-electron chi connectivity index (χ2n) is 11.2. The Morgan fingerprint density at radius 1 is 0.477 bits per heavy atom. The van der Waals surface area contributed by atoms with Crippen LogP contribution in [0.2, 0.25) is 0 Å². The van der Waals surface area contributed by atoms with Crippen LogP contribution in [0.4, 0.5) is 0 Å². The van der Waals surface area contributed by atoms with Crippen LogP contribution in [-0.2, 0) is 0 Å². The van der Waals surface area contributed by atoms with Gasteiger partial charge in [-0.1, -0.05) is 97.1 Å². The summed E-state index contributed by atoms with van der Waals surface area (Å²) in [5.74, 6) is 0. The molecule has 0 saturated carbocycles. The number of para-hydroxylation sites is 2. The Kier molecular flexibility index (Phi) is 5.08. The molecule has 0 saturated heterocycles. The fourth-order valence-corrected chi connectivity index (χ4v) is 7.24. The molecule has 0 amide bonds. The Morgan fingerprint density at radius 3 is 1.45 bits per heavy atom. The minimum absolute atomic E-state index is 0.472. The van der Waals surface area contributed by atoms with Gasteiger partial charge < -0.3 is 14.5 Å². The van der Waals surface area contributed by atoms with Crippen LogP contribution in [0.25, 0.3) is 76.5 Å². The van der Waals surface area contributed by atoms with E-state index < -0.39 is 0 Å². The Bertz CT molecular complexity index is 2700. The fourth-order valence-electron chi connectivity index (χ4n) is 7.24. The SMILES string of the molecule is N#Cc1c(-n2c3ccccc3c3c4ccccc4ccc32)ccc(-n2c3ccccc3c3c4ccccc4ccc32)c1C=N. The van der Waals surface area contributed by atoms with Gasteiger partial charge in [-0.25, -0.2) is 0 Å². The molecule has 0 radical (unpaired) electrons. The van der Waals surface area contributed by atoms with E-state index in [1.54, 1.807) is 0 Å². The standard InChI is InChI=1S/C40H24N4/c41-23-31-32(24-42)36(44-34-16-8-6-14-30(34)40-28-12-4-2-10-26(28)18-20-38(40)44)22-21-35(31)43-33-15-7-5-13-29(33)39-27-11-3-1-9-25(27)17-19-37(39)43/h1-23,41H. The van der Waals surface area contributed by atoms with Gasteiger partial charge in [0, 0.05) is 33.3 Å². The van der Waals surface area contributed by atoms with Gasteiger partial charge in [0.1, 0.15) is 6.07 Å². The molecule has 9 rings (SSSR count). The first-order valence-electron chi connectivity index (χ1n) is 14.7. The molecule has 1 N–H and O–H groups in total. The Balaban J connectivity index is 1.40. The van der Waals surface area contributed by atoms with E-state index in [0.717, 1.165) is 49.6 Å². The number of fused-ring (bicyclic) bond motifs is 10. The predicted molar refractivity (Wildman–Crippen MR) is 183 cm³/mol. The number of aromatic nitrogens is 2. The van der Waals surface area contributed by atoms with Gasteiger partial charge in [-0.15, -0.1) is 0 Å². The Morgan fingerprint density at radius 2 is 0.932 bits per heavy atom. The van der Waals surface area contributed by atoms with Crippen molar-refractivity contribution in [3.05, 3.63) is 145 Å². The van der Waals surface area contributed by atoms with E-state index in [1.807, 2.05) is 18.2 Å². The molecule has 7 aromatic carbocycles. The molecule has 0 aliphatic rings. The first-order valence-corrected chi connectivity index (χ1v) is 14.7. The van der Waals surface area contributed by atoms with E-state index in [2.05, 4.69) is 130 Å². The van der Waals surface area contributed by atoms with Crippen molar-refractivity contribution in [1.82, 2.24) is 9.13 Å². The molecule has 4 nitrogen and oxygen atoms in total. The number of nitriles is 1. The molecule has 0 atom stereocenters. The molecule has 4 heteroatoms. The predicted octanol–water partition coefficient (Wildman–Crippen LogP) is 10.1. The summed E-state index contributed by atoms with van der Waals surface area (Å²) in [6, 6.07) is 48.9. The molecule has 0 bridgehead atoms. The Hall–Kier alpha value is -6.18. The normalized spacial score (nSPS) is 11.7. The van der Waals surface area contributed by atoms with Gasteiger partial charge >= 0.3 is 0 Å². The maximum Gasteiger partial charge on any atom is 0.102 e. The summed E-state index contributed by atoms with van der Waals surface area (Å²) in [5.41, 5.74) is 6.80. The van der Waals surface area contributed by atoms with Crippen LogP contribution in [0.3, 0.4) is 0 Å². The zero-order chi connectivity index (χ0) is 29.4. The molecule has 2 heterocycles. The van der Waals surface area contributed by atoms with E-state index >= 15 is 0 Å². The highest BCUT2D eigenvalue weighted by Gasteiger charge is 2.22. The second-order valence-corrected chi connectivity index (χ2v) is 11.2. The average molecular weight is 561 g/mol. The van der Waals surface area contributed by atoms with Gasteiger partial charge in [0.2, 0.25) is 0 Å². The van der Waals surface area contributed by atoms with E-state index in [1.165, 1.54) is 33.1 Å². The van der Waals surface area contributed by atoms with Crippen LogP contribution in [0.5, 0.6) is 0 Å². The number of hydrogen-bond acceptors (Lipinski definition) is 2. The summed E-state index contributed by atoms with van der Waals surface area (Å²) in [6.45, 7) is 0. The molecule has 2 aromatic heterocycles. The Labute approximate surface area is 252 Å². The van der Waals surface area contributed by atoms with Crippen molar-refractivity contribution in [1.29, 1.82) is 10.7 Å². The van der Waals surface area contributed by atoms with E-state index in [4.69, 9.17) is 5.41 Å². The van der Waals surface area contributed by atoms with Crippen molar-refractivity contribution in [2.45, 2.75) is 0 Å². The number of hydrogen-bond donors (Lipinski definition) is 1. The topological polar surface area (TPSA) is 57.5 Å². The molecule has 0 aliphatic heterocycles. The quantitative estimate of drug-likeness (QED) is 0.215. The molecule has 44 heavy (non-hydrogen) atoms. The van der Waals surface area contributed by atoms with Crippen LogP contribution < -0.4 is 0 Å². The van der Waals surface area contributed by atoms with Crippen molar-refractivity contribution in [3.63, 3.8) is 0 Å². The molecule has 0 unspecified atom stereocenters. The van der Waals surface area contributed by atoms with Gasteiger partial charge in [-0.3, -0.25) is 0 Å². The highest BCUT2D eigenvalue weighted by molar-refractivity contribution is 6.22. The minimum Gasteiger partial charge on any atom is -0.309 e. The molecular weight excluding hydrogens is 536 g/mol.